The Morgan fingerprint density at radius 1 is 0.947 bits per heavy atom. The minimum atomic E-state index is -3.42. The van der Waals surface area contributed by atoms with Crippen molar-refractivity contribution in [3.8, 4) is 18.4 Å². The van der Waals surface area contributed by atoms with Gasteiger partial charge in [0.2, 0.25) is 0 Å². The zero-order chi connectivity index (χ0) is 14.9. The second kappa shape index (κ2) is 8.83. The molecule has 1 rings (SSSR count). The quantitative estimate of drug-likeness (QED) is 0.398. The maximum atomic E-state index is 10.5. The van der Waals surface area contributed by atoms with Crippen LogP contribution >= 0.6 is 45.2 Å². The first-order chi connectivity index (χ1) is 8.73. The van der Waals surface area contributed by atoms with Crippen molar-refractivity contribution in [2.75, 3.05) is 0 Å². The molecule has 0 aliphatic carbocycles. The van der Waals surface area contributed by atoms with Crippen LogP contribution in [0.3, 0.4) is 0 Å². The fourth-order valence-corrected chi connectivity index (χ4v) is 3.06. The van der Waals surface area contributed by atoms with Gasteiger partial charge in [0.1, 0.15) is 0 Å². The molecule has 0 fully saturated rings. The van der Waals surface area contributed by atoms with Crippen molar-refractivity contribution in [3.63, 3.8) is 0 Å². The van der Waals surface area contributed by atoms with Crippen molar-refractivity contribution in [2.24, 2.45) is 0 Å². The van der Waals surface area contributed by atoms with E-state index in [1.54, 1.807) is 45.2 Å². The minimum absolute atomic E-state index is 0.293. The first-order valence-electron chi connectivity index (χ1n) is 5.28. The third-order valence-corrected chi connectivity index (χ3v) is 4.00. The van der Waals surface area contributed by atoms with E-state index in [0.717, 1.165) is 0 Å². The molecule has 0 bridgehead atoms. The van der Waals surface area contributed by atoms with Crippen LogP contribution in [0.25, 0.3) is 0 Å². The van der Waals surface area contributed by atoms with Gasteiger partial charge in [-0.3, -0.25) is 0 Å². The fraction of sp³-hybridized carbons (Fsp3) is 0.286. The molecule has 19 heavy (non-hydrogen) atoms. The van der Waals surface area contributed by atoms with Crippen molar-refractivity contribution in [1.82, 2.24) is 0 Å². The van der Waals surface area contributed by atoms with Crippen LogP contribution in [0.4, 0.5) is 0 Å². The molecule has 1 aromatic rings. The molecule has 0 saturated carbocycles. The van der Waals surface area contributed by atoms with Crippen LogP contribution in [-0.4, -0.2) is 8.42 Å². The molecule has 0 amide bonds. The topological polar surface area (TPSA) is 34.1 Å². The van der Waals surface area contributed by atoms with Gasteiger partial charge in [-0.15, -0.1) is 0 Å². The molecule has 0 aliphatic heterocycles. The van der Waals surface area contributed by atoms with Crippen LogP contribution in [0.15, 0.2) is 30.3 Å². The van der Waals surface area contributed by atoms with Gasteiger partial charge in [-0.1, -0.05) is 51.1 Å². The van der Waals surface area contributed by atoms with Crippen molar-refractivity contribution in [1.29, 1.82) is 0 Å². The summed E-state index contributed by atoms with van der Waals surface area (Å²) in [6.07, 6.45) is 0. The Hall–Kier alpha value is -0.250. The van der Waals surface area contributed by atoms with Gasteiger partial charge in [-0.2, -0.15) is 0 Å². The van der Waals surface area contributed by atoms with Gasteiger partial charge >= 0.3 is 0 Å². The molecule has 0 N–H and O–H groups in total. The van der Waals surface area contributed by atoms with E-state index in [-0.39, 0.29) is 0 Å². The molecule has 0 spiro atoms. The molecule has 0 unspecified atom stereocenters. The minimum Gasteiger partial charge on any atom is -0.202 e. The summed E-state index contributed by atoms with van der Waals surface area (Å²) in [6.45, 7) is 6.67. The lowest BCUT2D eigenvalue weighted by atomic mass is 9.87. The van der Waals surface area contributed by atoms with E-state index in [1.807, 2.05) is 10.5 Å². The van der Waals surface area contributed by atoms with Crippen LogP contribution < -0.4 is 0 Å². The van der Waals surface area contributed by atoms with Crippen LogP contribution in [0.1, 0.15) is 26.3 Å². The molecule has 102 valence electrons. The van der Waals surface area contributed by atoms with E-state index in [2.05, 4.69) is 59.0 Å². The molecule has 0 aliphatic rings. The van der Waals surface area contributed by atoms with Crippen molar-refractivity contribution in [3.05, 3.63) is 35.9 Å². The summed E-state index contributed by atoms with van der Waals surface area (Å²) in [5.41, 5.74) is 1.69. The third kappa shape index (κ3) is 9.31. The maximum Gasteiger partial charge on any atom is 0.285 e. The lowest BCUT2D eigenvalue weighted by Gasteiger charge is -2.18. The van der Waals surface area contributed by atoms with Crippen LogP contribution in [0.5, 0.6) is 0 Å². The SMILES string of the molecule is CC(C)(C)c1ccccc1.O=S(=O)(C#CI)C#CI. The Morgan fingerprint density at radius 3 is 1.63 bits per heavy atom. The Labute approximate surface area is 143 Å². The van der Waals surface area contributed by atoms with E-state index in [9.17, 15) is 8.42 Å². The number of benzene rings is 1. The first-order valence-corrected chi connectivity index (χ1v) is 8.92. The molecule has 2 nitrogen and oxygen atoms in total. The highest BCUT2D eigenvalue weighted by molar-refractivity contribution is 14.1. The molecule has 0 heterocycles. The molecule has 1 aromatic carbocycles. The summed E-state index contributed by atoms with van der Waals surface area (Å²) in [6, 6.07) is 10.6. The Kier molecular flexibility index (Phi) is 8.71. The highest BCUT2D eigenvalue weighted by Gasteiger charge is 2.11. The van der Waals surface area contributed by atoms with Gasteiger partial charge in [0.15, 0.2) is 0 Å². The van der Waals surface area contributed by atoms with Crippen molar-refractivity contribution >= 4 is 55.0 Å². The zero-order valence-corrected chi connectivity index (χ0v) is 16.0. The van der Waals surface area contributed by atoms with Crippen molar-refractivity contribution < 1.29 is 8.42 Å². The smallest absolute Gasteiger partial charge is 0.202 e. The number of hydrogen-bond donors (Lipinski definition) is 0. The number of halogens is 2. The summed E-state index contributed by atoms with van der Waals surface area (Å²) in [7, 11) is -3.42. The average molecular weight is 500 g/mol. The van der Waals surface area contributed by atoms with Crippen molar-refractivity contribution in [2.45, 2.75) is 26.2 Å². The zero-order valence-electron chi connectivity index (χ0n) is 10.9. The van der Waals surface area contributed by atoms with E-state index in [1.165, 1.54) is 5.56 Å². The van der Waals surface area contributed by atoms with Gasteiger partial charge in [-0.05, 0) is 18.8 Å². The highest BCUT2D eigenvalue weighted by atomic mass is 127. The molecule has 0 atom stereocenters. The lowest BCUT2D eigenvalue weighted by molar-refractivity contribution is 0.590. The fourth-order valence-electron chi connectivity index (χ4n) is 1.07. The first kappa shape index (κ1) is 18.8. The highest BCUT2D eigenvalue weighted by Crippen LogP contribution is 2.20. The molecule has 5 heteroatoms. The molecular weight excluding hydrogens is 486 g/mol. The van der Waals surface area contributed by atoms with E-state index in [0.29, 0.717) is 5.41 Å². The number of sulfone groups is 1. The summed E-state index contributed by atoms with van der Waals surface area (Å²) in [5, 5.41) is 3.91. The summed E-state index contributed by atoms with van der Waals surface area (Å²) in [4.78, 5) is 0. The molecular formula is C14H14I2O2S. The normalized spacial score (nSPS) is 9.95. The molecule has 0 saturated heterocycles. The van der Waals surface area contributed by atoms with Crippen LogP contribution in [0, 0.1) is 18.4 Å². The number of rotatable bonds is 0. The Bertz CT molecular complexity index is 581. The predicted molar refractivity (Wildman–Crippen MR) is 97.7 cm³/mol. The van der Waals surface area contributed by atoms with Gasteiger partial charge in [-0.25, -0.2) is 8.42 Å². The molecule has 0 aromatic heterocycles. The summed E-state index contributed by atoms with van der Waals surface area (Å²) in [5.74, 6) is 0. The Balaban J connectivity index is 0.000000344. The monoisotopic (exact) mass is 500 g/mol. The largest absolute Gasteiger partial charge is 0.285 e. The number of hydrogen-bond acceptors (Lipinski definition) is 2. The predicted octanol–water partition coefficient (Wildman–Crippen LogP) is 4.09. The van der Waals surface area contributed by atoms with Gasteiger partial charge in [0.05, 0.1) is 10.5 Å². The second-order valence-corrected chi connectivity index (χ2v) is 7.01. The van der Waals surface area contributed by atoms with Crippen LogP contribution in [-0.2, 0) is 15.3 Å². The van der Waals surface area contributed by atoms with Gasteiger partial charge in [0.25, 0.3) is 9.84 Å². The second-order valence-electron chi connectivity index (χ2n) is 4.51. The van der Waals surface area contributed by atoms with E-state index >= 15 is 0 Å². The van der Waals surface area contributed by atoms with Gasteiger partial charge in [0, 0.05) is 45.2 Å². The Morgan fingerprint density at radius 2 is 1.37 bits per heavy atom. The average Bonchev–Trinajstić information content (AvgIpc) is 2.29. The summed E-state index contributed by atoms with van der Waals surface area (Å²) < 4.78 is 25.4. The summed E-state index contributed by atoms with van der Waals surface area (Å²) >= 11 is 3.28. The standard InChI is InChI=1S/C10H14.C4I2O2S/c1-10(2,3)9-7-5-4-6-8-9;5-1-3-9(7,8)4-2-6/h4-8H,1-3H3;. The van der Waals surface area contributed by atoms with E-state index < -0.39 is 9.84 Å². The maximum absolute atomic E-state index is 10.5. The van der Waals surface area contributed by atoms with Crippen LogP contribution in [0.2, 0.25) is 0 Å². The van der Waals surface area contributed by atoms with Gasteiger partial charge < -0.3 is 0 Å². The van der Waals surface area contributed by atoms with E-state index in [4.69, 9.17) is 0 Å². The lowest BCUT2D eigenvalue weighted by Crippen LogP contribution is -2.10. The molecule has 0 radical (unpaired) electrons. The third-order valence-electron chi connectivity index (χ3n) is 1.99.